The normalized spacial score (nSPS) is 12.2. The second kappa shape index (κ2) is 5.81. The first kappa shape index (κ1) is 12.9. The van der Waals surface area contributed by atoms with Crippen molar-refractivity contribution in [1.29, 1.82) is 0 Å². The summed E-state index contributed by atoms with van der Waals surface area (Å²) in [7, 11) is 3.01. The average molecular weight is 244 g/mol. The quantitative estimate of drug-likeness (QED) is 0.799. The third-order valence-corrected chi connectivity index (χ3v) is 3.21. The van der Waals surface area contributed by atoms with Gasteiger partial charge < -0.3 is 14.8 Å². The summed E-state index contributed by atoms with van der Waals surface area (Å²) >= 11 is 1.29. The van der Waals surface area contributed by atoms with Gasteiger partial charge in [-0.1, -0.05) is 11.3 Å². The molecule has 5 nitrogen and oxygen atoms in total. The van der Waals surface area contributed by atoms with Crippen LogP contribution in [0.5, 0.6) is 0 Å². The minimum Gasteiger partial charge on any atom is -0.465 e. The average Bonchev–Trinajstić information content (AvgIpc) is 2.66. The van der Waals surface area contributed by atoms with Gasteiger partial charge in [-0.3, -0.25) is 0 Å². The molecule has 0 radical (unpaired) electrons. The number of ether oxygens (including phenoxy) is 2. The second-order valence-electron chi connectivity index (χ2n) is 3.35. The van der Waals surface area contributed by atoms with E-state index < -0.39 is 0 Å². The molecule has 0 fully saturated rings. The molecule has 16 heavy (non-hydrogen) atoms. The van der Waals surface area contributed by atoms with Gasteiger partial charge in [0.05, 0.1) is 18.9 Å². The number of carbonyl (C=O) groups excluding carboxylic acids is 1. The SMILES string of the molecule is COC(=O)c1sc(NC[C@@H](C)OC)nc1C. The summed E-state index contributed by atoms with van der Waals surface area (Å²) in [4.78, 5) is 16.1. The first-order chi connectivity index (χ1) is 7.58. The third-order valence-electron chi connectivity index (χ3n) is 2.11. The smallest absolute Gasteiger partial charge is 0.350 e. The van der Waals surface area contributed by atoms with Crippen molar-refractivity contribution in [2.45, 2.75) is 20.0 Å². The fourth-order valence-corrected chi connectivity index (χ4v) is 1.96. The van der Waals surface area contributed by atoms with Crippen molar-refractivity contribution >= 4 is 22.4 Å². The number of esters is 1. The van der Waals surface area contributed by atoms with Crippen molar-refractivity contribution in [3.8, 4) is 0 Å². The summed E-state index contributed by atoms with van der Waals surface area (Å²) in [6, 6.07) is 0. The highest BCUT2D eigenvalue weighted by molar-refractivity contribution is 7.17. The molecule has 0 saturated heterocycles. The van der Waals surface area contributed by atoms with E-state index in [0.29, 0.717) is 22.2 Å². The van der Waals surface area contributed by atoms with Crippen molar-refractivity contribution in [2.75, 3.05) is 26.1 Å². The zero-order chi connectivity index (χ0) is 12.1. The molecular formula is C10H16N2O3S. The Morgan fingerprint density at radius 1 is 1.56 bits per heavy atom. The molecule has 1 aromatic rings. The van der Waals surface area contributed by atoms with E-state index in [4.69, 9.17) is 4.74 Å². The standard InChI is InChI=1S/C10H16N2O3S/c1-6(14-3)5-11-10-12-7(2)8(16-10)9(13)15-4/h6H,5H2,1-4H3,(H,11,12)/t6-/m1/s1. The number of methoxy groups -OCH3 is 2. The van der Waals surface area contributed by atoms with Gasteiger partial charge in [-0.25, -0.2) is 9.78 Å². The van der Waals surface area contributed by atoms with E-state index in [1.807, 2.05) is 6.92 Å². The van der Waals surface area contributed by atoms with Crippen LogP contribution in [0.1, 0.15) is 22.3 Å². The van der Waals surface area contributed by atoms with Crippen LogP contribution < -0.4 is 5.32 Å². The number of anilines is 1. The Morgan fingerprint density at radius 2 is 2.25 bits per heavy atom. The van der Waals surface area contributed by atoms with E-state index in [1.165, 1.54) is 18.4 Å². The maximum Gasteiger partial charge on any atom is 0.350 e. The number of rotatable bonds is 5. The lowest BCUT2D eigenvalue weighted by Crippen LogP contribution is -2.17. The number of hydrogen-bond donors (Lipinski definition) is 1. The zero-order valence-corrected chi connectivity index (χ0v) is 10.7. The fraction of sp³-hybridized carbons (Fsp3) is 0.600. The van der Waals surface area contributed by atoms with E-state index in [1.54, 1.807) is 14.0 Å². The molecule has 1 N–H and O–H groups in total. The predicted octanol–water partition coefficient (Wildman–Crippen LogP) is 1.68. The molecule has 0 aliphatic heterocycles. The van der Waals surface area contributed by atoms with Crippen LogP contribution in [0.3, 0.4) is 0 Å². The number of nitrogens with one attached hydrogen (secondary N) is 1. The molecule has 0 amide bonds. The summed E-state index contributed by atoms with van der Waals surface area (Å²) in [6.07, 6.45) is 0.103. The number of carbonyl (C=O) groups is 1. The highest BCUT2D eigenvalue weighted by atomic mass is 32.1. The molecule has 1 heterocycles. The van der Waals surface area contributed by atoms with E-state index in [9.17, 15) is 4.79 Å². The predicted molar refractivity (Wildman–Crippen MR) is 63.2 cm³/mol. The Morgan fingerprint density at radius 3 is 2.81 bits per heavy atom. The van der Waals surface area contributed by atoms with Gasteiger partial charge in [0.15, 0.2) is 5.13 Å². The summed E-state index contributed by atoms with van der Waals surface area (Å²) < 4.78 is 9.76. The fourth-order valence-electron chi connectivity index (χ4n) is 1.07. The lowest BCUT2D eigenvalue weighted by atomic mass is 10.4. The highest BCUT2D eigenvalue weighted by Gasteiger charge is 2.15. The third kappa shape index (κ3) is 3.18. The Hall–Kier alpha value is -1.14. The first-order valence-corrected chi connectivity index (χ1v) is 5.72. The number of aromatic nitrogens is 1. The van der Waals surface area contributed by atoms with E-state index in [0.717, 1.165) is 0 Å². The van der Waals surface area contributed by atoms with Crippen molar-refractivity contribution in [3.63, 3.8) is 0 Å². The van der Waals surface area contributed by atoms with Crippen LogP contribution in [0.15, 0.2) is 0 Å². The molecule has 1 aromatic heterocycles. The lowest BCUT2D eigenvalue weighted by Gasteiger charge is -2.08. The Labute approximate surface area is 98.8 Å². The molecule has 0 saturated carbocycles. The summed E-state index contributed by atoms with van der Waals surface area (Å²) in [5.41, 5.74) is 0.685. The maximum atomic E-state index is 11.3. The first-order valence-electron chi connectivity index (χ1n) is 4.91. The molecule has 90 valence electrons. The lowest BCUT2D eigenvalue weighted by molar-refractivity contribution is 0.0605. The largest absolute Gasteiger partial charge is 0.465 e. The van der Waals surface area contributed by atoms with Gasteiger partial charge in [0.25, 0.3) is 0 Å². The molecule has 0 spiro atoms. The molecule has 0 aliphatic rings. The topological polar surface area (TPSA) is 60.5 Å². The van der Waals surface area contributed by atoms with Gasteiger partial charge >= 0.3 is 5.97 Å². The minimum atomic E-state index is -0.345. The van der Waals surface area contributed by atoms with E-state index in [2.05, 4.69) is 15.0 Å². The van der Waals surface area contributed by atoms with Crippen LogP contribution in [-0.2, 0) is 9.47 Å². The van der Waals surface area contributed by atoms with Gasteiger partial charge in [0.1, 0.15) is 4.88 Å². The number of hydrogen-bond acceptors (Lipinski definition) is 6. The van der Waals surface area contributed by atoms with Gasteiger partial charge in [0, 0.05) is 13.7 Å². The number of thiazole rings is 1. The molecule has 0 bridgehead atoms. The molecular weight excluding hydrogens is 228 g/mol. The van der Waals surface area contributed by atoms with Gasteiger partial charge in [-0.2, -0.15) is 0 Å². The van der Waals surface area contributed by atoms with Crippen LogP contribution in [0.25, 0.3) is 0 Å². The maximum absolute atomic E-state index is 11.3. The molecule has 6 heteroatoms. The van der Waals surface area contributed by atoms with Gasteiger partial charge in [-0.05, 0) is 13.8 Å². The molecule has 0 aliphatic carbocycles. The van der Waals surface area contributed by atoms with Gasteiger partial charge in [0.2, 0.25) is 0 Å². The van der Waals surface area contributed by atoms with Crippen molar-refractivity contribution in [2.24, 2.45) is 0 Å². The van der Waals surface area contributed by atoms with Crippen LogP contribution in [-0.4, -0.2) is 37.8 Å². The number of nitrogens with zero attached hydrogens (tertiary/aromatic N) is 1. The highest BCUT2D eigenvalue weighted by Crippen LogP contribution is 2.23. The van der Waals surface area contributed by atoms with Crippen LogP contribution in [0, 0.1) is 6.92 Å². The van der Waals surface area contributed by atoms with Crippen molar-refractivity contribution in [3.05, 3.63) is 10.6 Å². The van der Waals surface area contributed by atoms with Crippen LogP contribution in [0.2, 0.25) is 0 Å². The summed E-state index contributed by atoms with van der Waals surface area (Å²) in [5.74, 6) is -0.345. The van der Waals surface area contributed by atoms with Gasteiger partial charge in [-0.15, -0.1) is 0 Å². The summed E-state index contributed by atoms with van der Waals surface area (Å²) in [5, 5.41) is 3.82. The summed E-state index contributed by atoms with van der Waals surface area (Å²) in [6.45, 7) is 4.40. The van der Waals surface area contributed by atoms with Crippen molar-refractivity contribution < 1.29 is 14.3 Å². The van der Waals surface area contributed by atoms with Crippen LogP contribution in [0.4, 0.5) is 5.13 Å². The molecule has 1 rings (SSSR count). The minimum absolute atomic E-state index is 0.103. The molecule has 0 aromatic carbocycles. The zero-order valence-electron chi connectivity index (χ0n) is 9.86. The van der Waals surface area contributed by atoms with Crippen molar-refractivity contribution in [1.82, 2.24) is 4.98 Å². The Balaban J connectivity index is 2.66. The molecule has 0 unspecified atom stereocenters. The van der Waals surface area contributed by atoms with Crippen LogP contribution >= 0.6 is 11.3 Å². The van der Waals surface area contributed by atoms with E-state index in [-0.39, 0.29) is 12.1 Å². The molecule has 1 atom stereocenters. The second-order valence-corrected chi connectivity index (χ2v) is 4.35. The number of aryl methyl sites for hydroxylation is 1. The van der Waals surface area contributed by atoms with E-state index >= 15 is 0 Å². The Kier molecular flexibility index (Phi) is 4.70. The Bertz CT molecular complexity index is 365. The monoisotopic (exact) mass is 244 g/mol.